The van der Waals surface area contributed by atoms with Crippen molar-refractivity contribution in [3.8, 4) is 0 Å². The van der Waals surface area contributed by atoms with Crippen molar-refractivity contribution in [1.82, 2.24) is 4.31 Å². The molecule has 1 N–H and O–H groups in total. The Morgan fingerprint density at radius 3 is 2.28 bits per heavy atom. The fourth-order valence-electron chi connectivity index (χ4n) is 4.60. The topological polar surface area (TPSA) is 86.8 Å². The summed E-state index contributed by atoms with van der Waals surface area (Å²) in [4.78, 5) is 27.6. The lowest BCUT2D eigenvalue weighted by atomic mass is 9.86. The molecule has 7 nitrogen and oxygen atoms in total. The second kappa shape index (κ2) is 8.01. The van der Waals surface area contributed by atoms with Gasteiger partial charge in [0, 0.05) is 24.5 Å². The number of aryl methyl sites for hydroxylation is 2. The van der Waals surface area contributed by atoms with E-state index in [1.807, 2.05) is 32.0 Å². The Labute approximate surface area is 189 Å². The Morgan fingerprint density at radius 2 is 1.66 bits per heavy atom. The summed E-state index contributed by atoms with van der Waals surface area (Å²) >= 11 is 0. The molecule has 0 aromatic heterocycles. The van der Waals surface area contributed by atoms with E-state index in [4.69, 9.17) is 0 Å². The van der Waals surface area contributed by atoms with E-state index >= 15 is 0 Å². The van der Waals surface area contributed by atoms with Gasteiger partial charge in [-0.1, -0.05) is 6.07 Å². The Morgan fingerprint density at radius 1 is 1.03 bits per heavy atom. The molecule has 2 aromatic rings. The lowest BCUT2D eigenvalue weighted by Gasteiger charge is -2.20. The van der Waals surface area contributed by atoms with Crippen LogP contribution >= 0.6 is 0 Å². The van der Waals surface area contributed by atoms with E-state index in [-0.39, 0.29) is 23.3 Å². The van der Waals surface area contributed by atoms with E-state index in [1.165, 1.54) is 15.3 Å². The second-order valence-corrected chi connectivity index (χ2v) is 11.2. The summed E-state index contributed by atoms with van der Waals surface area (Å²) in [5.74, 6) is -0.528. The summed E-state index contributed by atoms with van der Waals surface area (Å²) in [7, 11) is -3.59. The molecule has 2 aliphatic heterocycles. The van der Waals surface area contributed by atoms with E-state index in [2.05, 4.69) is 5.32 Å². The highest BCUT2D eigenvalue weighted by atomic mass is 32.2. The van der Waals surface area contributed by atoms with Crippen LogP contribution in [-0.2, 0) is 25.0 Å². The molecule has 2 heterocycles. The maximum absolute atomic E-state index is 13.2. The molecule has 0 spiro atoms. The van der Waals surface area contributed by atoms with Crippen molar-refractivity contribution in [2.45, 2.75) is 50.8 Å². The van der Waals surface area contributed by atoms with Gasteiger partial charge in [0.25, 0.3) is 0 Å². The first kappa shape index (κ1) is 22.5. The van der Waals surface area contributed by atoms with Crippen molar-refractivity contribution in [1.29, 1.82) is 0 Å². The summed E-state index contributed by atoms with van der Waals surface area (Å²) in [6.07, 6.45) is 1.72. The first-order valence-corrected chi connectivity index (χ1v) is 12.3. The van der Waals surface area contributed by atoms with Crippen LogP contribution in [0.3, 0.4) is 0 Å². The predicted molar refractivity (Wildman–Crippen MR) is 124 cm³/mol. The normalized spacial score (nSPS) is 18.1. The standard InChI is InChI=1S/C24H29N3O4S/c1-16-11-17(2)13-18(12-16)25-22(28)15-27-21-8-7-19(14-20(21)24(3,4)23(27)29)32(30,31)26-9-5-6-10-26/h7-8,11-14H,5-6,9-10,15H2,1-4H3,(H,25,28). The van der Waals surface area contributed by atoms with E-state index in [9.17, 15) is 18.0 Å². The molecule has 0 atom stereocenters. The maximum Gasteiger partial charge on any atom is 0.244 e. The predicted octanol–water partition coefficient (Wildman–Crippen LogP) is 3.35. The molecular formula is C24H29N3O4S. The number of nitrogens with zero attached hydrogens (tertiary/aromatic N) is 2. The fourth-order valence-corrected chi connectivity index (χ4v) is 6.14. The molecule has 170 valence electrons. The minimum atomic E-state index is -3.59. The van der Waals surface area contributed by atoms with Crippen molar-refractivity contribution >= 4 is 33.2 Å². The molecule has 0 unspecified atom stereocenters. The number of carbonyl (C=O) groups excluding carboxylic acids is 2. The van der Waals surface area contributed by atoms with Crippen LogP contribution in [0.15, 0.2) is 41.3 Å². The smallest absolute Gasteiger partial charge is 0.244 e. The van der Waals surface area contributed by atoms with Crippen LogP contribution in [0.2, 0.25) is 0 Å². The molecule has 0 saturated carbocycles. The monoisotopic (exact) mass is 455 g/mol. The largest absolute Gasteiger partial charge is 0.325 e. The van der Waals surface area contributed by atoms with Gasteiger partial charge in [0.1, 0.15) is 6.54 Å². The van der Waals surface area contributed by atoms with Gasteiger partial charge in [0.15, 0.2) is 0 Å². The minimum absolute atomic E-state index is 0.138. The van der Waals surface area contributed by atoms with Crippen LogP contribution in [-0.4, -0.2) is 44.2 Å². The van der Waals surface area contributed by atoms with Crippen molar-refractivity contribution < 1.29 is 18.0 Å². The van der Waals surface area contributed by atoms with Crippen LogP contribution in [0.4, 0.5) is 11.4 Å². The fraction of sp³-hybridized carbons (Fsp3) is 0.417. The third-order valence-corrected chi connectivity index (χ3v) is 8.12. The molecule has 4 rings (SSSR count). The zero-order valence-corrected chi connectivity index (χ0v) is 19.8. The number of sulfonamides is 1. The van der Waals surface area contributed by atoms with E-state index < -0.39 is 15.4 Å². The number of nitrogens with one attached hydrogen (secondary N) is 1. The molecule has 0 aliphatic carbocycles. The van der Waals surface area contributed by atoms with Gasteiger partial charge in [-0.3, -0.25) is 9.59 Å². The number of hydrogen-bond donors (Lipinski definition) is 1. The number of hydrogen-bond acceptors (Lipinski definition) is 4. The first-order valence-electron chi connectivity index (χ1n) is 10.8. The number of anilines is 2. The maximum atomic E-state index is 13.2. The zero-order chi connectivity index (χ0) is 23.3. The summed E-state index contributed by atoms with van der Waals surface area (Å²) in [5, 5.41) is 2.87. The van der Waals surface area contributed by atoms with Gasteiger partial charge in [-0.25, -0.2) is 8.42 Å². The van der Waals surface area contributed by atoms with Gasteiger partial charge >= 0.3 is 0 Å². The lowest BCUT2D eigenvalue weighted by molar-refractivity contribution is -0.124. The molecule has 1 saturated heterocycles. The first-order chi connectivity index (χ1) is 15.0. The van der Waals surface area contributed by atoms with Gasteiger partial charge < -0.3 is 10.2 Å². The average Bonchev–Trinajstić information content (AvgIpc) is 3.31. The number of carbonyl (C=O) groups is 2. The third kappa shape index (κ3) is 3.93. The van der Waals surface area contributed by atoms with E-state index in [0.717, 1.165) is 24.0 Å². The highest BCUT2D eigenvalue weighted by Gasteiger charge is 2.45. The van der Waals surface area contributed by atoms with E-state index in [0.29, 0.717) is 30.0 Å². The highest BCUT2D eigenvalue weighted by Crippen LogP contribution is 2.43. The van der Waals surface area contributed by atoms with Crippen molar-refractivity contribution in [3.05, 3.63) is 53.1 Å². The van der Waals surface area contributed by atoms with Crippen LogP contribution in [0, 0.1) is 13.8 Å². The molecule has 0 radical (unpaired) electrons. The molecule has 2 aliphatic rings. The number of benzene rings is 2. The summed E-state index contributed by atoms with van der Waals surface area (Å²) in [6.45, 7) is 8.35. The molecule has 8 heteroatoms. The van der Waals surface area contributed by atoms with Crippen LogP contribution < -0.4 is 10.2 Å². The molecule has 2 amide bonds. The highest BCUT2D eigenvalue weighted by molar-refractivity contribution is 7.89. The summed E-state index contributed by atoms with van der Waals surface area (Å²) in [5.41, 5.74) is 3.04. The van der Waals surface area contributed by atoms with Crippen molar-refractivity contribution in [2.75, 3.05) is 29.9 Å². The lowest BCUT2D eigenvalue weighted by Crippen LogP contribution is -2.40. The summed E-state index contributed by atoms with van der Waals surface area (Å²) < 4.78 is 27.5. The number of fused-ring (bicyclic) bond motifs is 1. The second-order valence-electron chi connectivity index (χ2n) is 9.23. The van der Waals surface area contributed by atoms with Crippen molar-refractivity contribution in [2.24, 2.45) is 0 Å². The SMILES string of the molecule is Cc1cc(C)cc(NC(=O)CN2C(=O)C(C)(C)c3cc(S(=O)(=O)N4CCCC4)ccc32)c1. The van der Waals surface area contributed by atoms with Crippen LogP contribution in [0.5, 0.6) is 0 Å². The Balaban J connectivity index is 1.61. The Kier molecular flexibility index (Phi) is 5.63. The van der Waals surface area contributed by atoms with Gasteiger partial charge in [-0.05, 0) is 87.6 Å². The van der Waals surface area contributed by atoms with Crippen LogP contribution in [0.25, 0.3) is 0 Å². The van der Waals surface area contributed by atoms with Gasteiger partial charge in [0.05, 0.1) is 10.3 Å². The molecular weight excluding hydrogens is 426 g/mol. The average molecular weight is 456 g/mol. The molecule has 2 aromatic carbocycles. The zero-order valence-electron chi connectivity index (χ0n) is 18.9. The summed E-state index contributed by atoms with van der Waals surface area (Å²) in [6, 6.07) is 10.6. The third-order valence-electron chi connectivity index (χ3n) is 6.22. The van der Waals surface area contributed by atoms with Gasteiger partial charge in [-0.15, -0.1) is 0 Å². The molecule has 0 bridgehead atoms. The molecule has 1 fully saturated rings. The quantitative estimate of drug-likeness (QED) is 0.749. The minimum Gasteiger partial charge on any atom is -0.325 e. The molecule has 32 heavy (non-hydrogen) atoms. The van der Waals surface area contributed by atoms with Gasteiger partial charge in [-0.2, -0.15) is 4.31 Å². The Bertz CT molecular complexity index is 1180. The van der Waals surface area contributed by atoms with E-state index in [1.54, 1.807) is 26.0 Å². The number of rotatable bonds is 5. The number of amides is 2. The van der Waals surface area contributed by atoms with Gasteiger partial charge in [0.2, 0.25) is 21.8 Å². The Hall–Kier alpha value is -2.71. The van der Waals surface area contributed by atoms with Crippen molar-refractivity contribution in [3.63, 3.8) is 0 Å². The van der Waals surface area contributed by atoms with Crippen LogP contribution in [0.1, 0.15) is 43.4 Å².